The van der Waals surface area contributed by atoms with Crippen LogP contribution in [0.3, 0.4) is 0 Å². The van der Waals surface area contributed by atoms with Gasteiger partial charge in [0, 0.05) is 13.2 Å². The zero-order chi connectivity index (χ0) is 13.7. The van der Waals surface area contributed by atoms with Gasteiger partial charge in [-0.15, -0.1) is 0 Å². The van der Waals surface area contributed by atoms with Crippen molar-refractivity contribution in [2.24, 2.45) is 0 Å². The highest BCUT2D eigenvalue weighted by Crippen LogP contribution is 2.36. The molecule has 106 valence electrons. The van der Waals surface area contributed by atoms with E-state index >= 15 is 0 Å². The summed E-state index contributed by atoms with van der Waals surface area (Å²) >= 11 is 0. The van der Waals surface area contributed by atoms with E-state index in [0.717, 1.165) is 31.4 Å². The molecule has 0 spiro atoms. The van der Waals surface area contributed by atoms with Gasteiger partial charge in [0.1, 0.15) is 5.82 Å². The van der Waals surface area contributed by atoms with E-state index in [9.17, 15) is 4.39 Å². The molecule has 0 saturated heterocycles. The van der Waals surface area contributed by atoms with Crippen LogP contribution in [-0.2, 0) is 11.2 Å². The molecule has 1 aromatic rings. The molecular formula is C16H24FNO. The first-order valence-electron chi connectivity index (χ1n) is 7.23. The van der Waals surface area contributed by atoms with Crippen molar-refractivity contribution in [1.29, 1.82) is 0 Å². The average Bonchev–Trinajstić information content (AvgIpc) is 2.88. The standard InChI is InChI=1S/C16H24FNO/c1-3-18-15(16(19-2)9-4-5-10-16)12-13-7-6-8-14(17)11-13/h6-8,11,15,18H,3-5,9-10,12H2,1-2H3. The minimum Gasteiger partial charge on any atom is -0.377 e. The molecule has 19 heavy (non-hydrogen) atoms. The van der Waals surface area contributed by atoms with E-state index in [1.807, 2.05) is 6.07 Å². The molecule has 1 N–H and O–H groups in total. The average molecular weight is 265 g/mol. The van der Waals surface area contributed by atoms with E-state index in [4.69, 9.17) is 4.74 Å². The lowest BCUT2D eigenvalue weighted by atomic mass is 9.87. The molecule has 1 aliphatic carbocycles. The fourth-order valence-electron chi connectivity index (χ4n) is 3.26. The number of hydrogen-bond donors (Lipinski definition) is 1. The number of halogens is 1. The number of nitrogens with one attached hydrogen (secondary N) is 1. The van der Waals surface area contributed by atoms with Crippen LogP contribution in [0.2, 0.25) is 0 Å². The van der Waals surface area contributed by atoms with Gasteiger partial charge >= 0.3 is 0 Å². The highest BCUT2D eigenvalue weighted by Gasteiger charge is 2.41. The summed E-state index contributed by atoms with van der Waals surface area (Å²) < 4.78 is 19.2. The Hall–Kier alpha value is -0.930. The molecular weight excluding hydrogens is 241 g/mol. The number of methoxy groups -OCH3 is 1. The maximum absolute atomic E-state index is 13.3. The smallest absolute Gasteiger partial charge is 0.123 e. The van der Waals surface area contributed by atoms with Gasteiger partial charge in [0.15, 0.2) is 0 Å². The molecule has 2 rings (SSSR count). The summed E-state index contributed by atoms with van der Waals surface area (Å²) in [5.41, 5.74) is 0.955. The van der Waals surface area contributed by atoms with Gasteiger partial charge in [-0.2, -0.15) is 0 Å². The van der Waals surface area contributed by atoms with E-state index in [2.05, 4.69) is 12.2 Å². The fourth-order valence-corrected chi connectivity index (χ4v) is 3.26. The van der Waals surface area contributed by atoms with E-state index in [0.29, 0.717) is 0 Å². The molecule has 0 bridgehead atoms. The van der Waals surface area contributed by atoms with Gasteiger partial charge in [-0.3, -0.25) is 0 Å². The van der Waals surface area contributed by atoms with E-state index in [1.165, 1.54) is 18.9 Å². The topological polar surface area (TPSA) is 21.3 Å². The quantitative estimate of drug-likeness (QED) is 0.852. The summed E-state index contributed by atoms with van der Waals surface area (Å²) in [5.74, 6) is -0.161. The Morgan fingerprint density at radius 2 is 2.11 bits per heavy atom. The lowest BCUT2D eigenvalue weighted by Crippen LogP contribution is -2.51. The lowest BCUT2D eigenvalue weighted by molar-refractivity contribution is -0.0351. The van der Waals surface area contributed by atoms with Crippen LogP contribution in [0.25, 0.3) is 0 Å². The van der Waals surface area contributed by atoms with Crippen molar-refractivity contribution in [3.63, 3.8) is 0 Å². The number of hydrogen-bond acceptors (Lipinski definition) is 2. The fraction of sp³-hybridized carbons (Fsp3) is 0.625. The molecule has 1 aromatic carbocycles. The van der Waals surface area contributed by atoms with Crippen molar-refractivity contribution in [3.8, 4) is 0 Å². The van der Waals surface area contributed by atoms with Crippen LogP contribution >= 0.6 is 0 Å². The Morgan fingerprint density at radius 3 is 2.68 bits per heavy atom. The highest BCUT2D eigenvalue weighted by atomic mass is 19.1. The molecule has 0 heterocycles. The molecule has 2 nitrogen and oxygen atoms in total. The van der Waals surface area contributed by atoms with Gasteiger partial charge in [-0.1, -0.05) is 31.9 Å². The molecule has 3 heteroatoms. The molecule has 1 atom stereocenters. The first-order valence-corrected chi connectivity index (χ1v) is 7.23. The van der Waals surface area contributed by atoms with E-state index in [-0.39, 0.29) is 17.5 Å². The van der Waals surface area contributed by atoms with Crippen LogP contribution in [0.5, 0.6) is 0 Å². The molecule has 0 aromatic heterocycles. The summed E-state index contributed by atoms with van der Waals surface area (Å²) in [7, 11) is 1.81. The molecule has 0 aliphatic heterocycles. The van der Waals surface area contributed by atoms with Crippen molar-refractivity contribution in [2.45, 2.75) is 50.7 Å². The van der Waals surface area contributed by atoms with Crippen molar-refractivity contribution in [1.82, 2.24) is 5.32 Å². The van der Waals surface area contributed by atoms with Crippen molar-refractivity contribution < 1.29 is 9.13 Å². The molecule has 1 saturated carbocycles. The van der Waals surface area contributed by atoms with Crippen molar-refractivity contribution >= 4 is 0 Å². The monoisotopic (exact) mass is 265 g/mol. The van der Waals surface area contributed by atoms with Gasteiger partial charge in [-0.05, 0) is 43.5 Å². The number of benzene rings is 1. The second-order valence-electron chi connectivity index (χ2n) is 5.42. The SMILES string of the molecule is CCNC(Cc1cccc(F)c1)C1(OC)CCCC1. The molecule has 1 fully saturated rings. The zero-order valence-electron chi connectivity index (χ0n) is 11.9. The third-order valence-corrected chi connectivity index (χ3v) is 4.27. The Morgan fingerprint density at radius 1 is 1.37 bits per heavy atom. The van der Waals surface area contributed by atoms with Crippen LogP contribution in [0, 0.1) is 5.82 Å². The maximum Gasteiger partial charge on any atom is 0.123 e. The zero-order valence-corrected chi connectivity index (χ0v) is 11.9. The van der Waals surface area contributed by atoms with Crippen LogP contribution in [0.4, 0.5) is 4.39 Å². The summed E-state index contributed by atoms with van der Waals surface area (Å²) in [6.07, 6.45) is 5.45. The Labute approximate surface area is 115 Å². The van der Waals surface area contributed by atoms with Crippen LogP contribution in [-0.4, -0.2) is 25.3 Å². The maximum atomic E-state index is 13.3. The minimum absolute atomic E-state index is 0.0810. The van der Waals surface area contributed by atoms with Crippen molar-refractivity contribution in [3.05, 3.63) is 35.6 Å². The predicted molar refractivity (Wildman–Crippen MR) is 75.8 cm³/mol. The summed E-state index contributed by atoms with van der Waals surface area (Å²) in [6.45, 7) is 3.02. The van der Waals surface area contributed by atoms with Gasteiger partial charge in [-0.25, -0.2) is 4.39 Å². The largest absolute Gasteiger partial charge is 0.377 e. The lowest BCUT2D eigenvalue weighted by Gasteiger charge is -2.37. The molecule has 1 unspecified atom stereocenters. The van der Waals surface area contributed by atoms with Crippen LogP contribution < -0.4 is 5.32 Å². The Bertz CT molecular complexity index is 401. The van der Waals surface area contributed by atoms with Crippen LogP contribution in [0.15, 0.2) is 24.3 Å². The molecule has 1 aliphatic rings. The summed E-state index contributed by atoms with van der Waals surface area (Å²) in [6, 6.07) is 7.15. The number of likely N-dealkylation sites (N-methyl/N-ethyl adjacent to an activating group) is 1. The minimum atomic E-state index is -0.161. The summed E-state index contributed by atoms with van der Waals surface area (Å²) in [4.78, 5) is 0. The third kappa shape index (κ3) is 3.34. The normalized spacial score (nSPS) is 19.5. The Balaban J connectivity index is 2.15. The predicted octanol–water partition coefficient (Wildman–Crippen LogP) is 3.31. The second-order valence-corrected chi connectivity index (χ2v) is 5.42. The van der Waals surface area contributed by atoms with Crippen LogP contribution in [0.1, 0.15) is 38.2 Å². The van der Waals surface area contributed by atoms with E-state index in [1.54, 1.807) is 19.2 Å². The van der Waals surface area contributed by atoms with Gasteiger partial charge < -0.3 is 10.1 Å². The first kappa shape index (κ1) is 14.5. The second kappa shape index (κ2) is 6.49. The third-order valence-electron chi connectivity index (χ3n) is 4.27. The van der Waals surface area contributed by atoms with Gasteiger partial charge in [0.25, 0.3) is 0 Å². The Kier molecular flexibility index (Phi) is 4.94. The molecule has 0 radical (unpaired) electrons. The summed E-state index contributed by atoms with van der Waals surface area (Å²) in [5, 5.41) is 3.54. The van der Waals surface area contributed by atoms with Gasteiger partial charge in [0.2, 0.25) is 0 Å². The molecule has 0 amide bonds. The van der Waals surface area contributed by atoms with E-state index < -0.39 is 0 Å². The number of ether oxygens (including phenoxy) is 1. The first-order chi connectivity index (χ1) is 9.20. The number of rotatable bonds is 6. The highest BCUT2D eigenvalue weighted by molar-refractivity contribution is 5.19. The van der Waals surface area contributed by atoms with Crippen molar-refractivity contribution in [2.75, 3.05) is 13.7 Å². The van der Waals surface area contributed by atoms with Gasteiger partial charge in [0.05, 0.1) is 5.60 Å².